The lowest BCUT2D eigenvalue weighted by Gasteiger charge is -2.33. The molecule has 170 valence electrons. The normalized spacial score (nSPS) is 15.1. The molecule has 0 atom stereocenters. The van der Waals surface area contributed by atoms with Crippen LogP contribution in [0.4, 0.5) is 11.6 Å². The molecule has 1 fully saturated rings. The van der Waals surface area contributed by atoms with Gasteiger partial charge in [0, 0.05) is 49.9 Å². The number of piperazine rings is 1. The molecule has 33 heavy (non-hydrogen) atoms. The van der Waals surface area contributed by atoms with E-state index >= 15 is 0 Å². The Morgan fingerprint density at radius 1 is 0.939 bits per heavy atom. The average molecular weight is 463 g/mol. The van der Waals surface area contributed by atoms with Gasteiger partial charge in [0.2, 0.25) is 11.9 Å². The van der Waals surface area contributed by atoms with E-state index in [2.05, 4.69) is 42.3 Å². The number of hydrogen-bond acceptors (Lipinski definition) is 7. The third-order valence-electron chi connectivity index (χ3n) is 6.08. The highest BCUT2D eigenvalue weighted by molar-refractivity contribution is 7.14. The second-order valence-electron chi connectivity index (χ2n) is 8.66. The van der Waals surface area contributed by atoms with Gasteiger partial charge >= 0.3 is 0 Å². The lowest BCUT2D eigenvalue weighted by molar-refractivity contribution is -0.130. The van der Waals surface area contributed by atoms with Crippen molar-refractivity contribution in [2.75, 3.05) is 31.5 Å². The van der Waals surface area contributed by atoms with Crippen molar-refractivity contribution in [1.29, 1.82) is 0 Å². The summed E-state index contributed by atoms with van der Waals surface area (Å²) in [5.41, 5.74) is 5.93. The fourth-order valence-electron chi connectivity index (χ4n) is 4.44. The summed E-state index contributed by atoms with van der Waals surface area (Å²) in [5.74, 6) is 0.503. The SMILES string of the molecule is CC(=O)N1CCN(C(=O)c2nc3c(s2)CCc2cnc(Nc4cc(C)cc(C)c4)nc2-3)CC1. The number of hydrogen-bond donors (Lipinski definition) is 1. The Hall–Kier alpha value is -3.33. The molecule has 2 aromatic heterocycles. The van der Waals surface area contributed by atoms with Crippen molar-refractivity contribution >= 4 is 34.8 Å². The highest BCUT2D eigenvalue weighted by Gasteiger charge is 2.29. The number of thiazole rings is 1. The first kappa shape index (κ1) is 21.5. The number of carbonyl (C=O) groups excluding carboxylic acids is 2. The summed E-state index contributed by atoms with van der Waals surface area (Å²) in [6.45, 7) is 7.88. The van der Waals surface area contributed by atoms with Crippen LogP contribution in [0.2, 0.25) is 0 Å². The largest absolute Gasteiger partial charge is 0.339 e. The molecule has 8 nitrogen and oxygen atoms in total. The van der Waals surface area contributed by atoms with Crippen LogP contribution in [0.25, 0.3) is 11.4 Å². The monoisotopic (exact) mass is 462 g/mol. The van der Waals surface area contributed by atoms with Crippen LogP contribution >= 0.6 is 11.3 Å². The van der Waals surface area contributed by atoms with Gasteiger partial charge in [0.15, 0.2) is 5.01 Å². The lowest BCUT2D eigenvalue weighted by Crippen LogP contribution is -2.50. The van der Waals surface area contributed by atoms with Crippen LogP contribution < -0.4 is 5.32 Å². The van der Waals surface area contributed by atoms with Crippen LogP contribution in [0.1, 0.15) is 38.3 Å². The van der Waals surface area contributed by atoms with E-state index in [9.17, 15) is 9.59 Å². The number of aryl methyl sites for hydroxylation is 4. The summed E-state index contributed by atoms with van der Waals surface area (Å²) in [6.07, 6.45) is 3.52. The Morgan fingerprint density at radius 3 is 2.33 bits per heavy atom. The molecule has 2 amide bonds. The Morgan fingerprint density at radius 2 is 1.64 bits per heavy atom. The van der Waals surface area contributed by atoms with Crippen molar-refractivity contribution < 1.29 is 9.59 Å². The number of anilines is 2. The van der Waals surface area contributed by atoms with E-state index in [-0.39, 0.29) is 11.8 Å². The average Bonchev–Trinajstić information content (AvgIpc) is 3.23. The van der Waals surface area contributed by atoms with Crippen molar-refractivity contribution in [3.63, 3.8) is 0 Å². The zero-order chi connectivity index (χ0) is 23.1. The van der Waals surface area contributed by atoms with Crippen molar-refractivity contribution in [3.8, 4) is 11.4 Å². The van der Waals surface area contributed by atoms with Gasteiger partial charge in [-0.2, -0.15) is 0 Å². The number of aromatic nitrogens is 3. The summed E-state index contributed by atoms with van der Waals surface area (Å²) in [6, 6.07) is 6.25. The minimum Gasteiger partial charge on any atom is -0.339 e. The third-order valence-corrected chi connectivity index (χ3v) is 7.18. The molecular weight excluding hydrogens is 436 g/mol. The molecule has 0 spiro atoms. The number of nitrogens with zero attached hydrogens (tertiary/aromatic N) is 5. The van der Waals surface area contributed by atoms with Crippen molar-refractivity contribution in [2.45, 2.75) is 33.6 Å². The van der Waals surface area contributed by atoms with Crippen molar-refractivity contribution in [1.82, 2.24) is 24.8 Å². The van der Waals surface area contributed by atoms with E-state index in [0.717, 1.165) is 40.4 Å². The van der Waals surface area contributed by atoms with Crippen LogP contribution in [0, 0.1) is 13.8 Å². The molecule has 5 rings (SSSR count). The van der Waals surface area contributed by atoms with Gasteiger partial charge in [-0.1, -0.05) is 6.07 Å². The highest BCUT2D eigenvalue weighted by Crippen LogP contribution is 2.36. The maximum atomic E-state index is 13.1. The Bertz CT molecular complexity index is 1230. The van der Waals surface area contributed by atoms with E-state index in [4.69, 9.17) is 9.97 Å². The fourth-order valence-corrected chi connectivity index (χ4v) is 5.47. The van der Waals surface area contributed by atoms with Crippen molar-refractivity contribution in [2.24, 2.45) is 0 Å². The molecule has 0 saturated carbocycles. The Kier molecular flexibility index (Phi) is 5.57. The predicted octanol–water partition coefficient (Wildman–Crippen LogP) is 3.36. The molecular formula is C24H26N6O2S. The first-order chi connectivity index (χ1) is 15.9. The molecule has 3 aromatic rings. The smallest absolute Gasteiger partial charge is 0.282 e. The molecule has 9 heteroatoms. The first-order valence-electron chi connectivity index (χ1n) is 11.1. The molecule has 0 unspecified atom stereocenters. The highest BCUT2D eigenvalue weighted by atomic mass is 32.1. The van der Waals surface area contributed by atoms with Gasteiger partial charge in [-0.25, -0.2) is 15.0 Å². The summed E-state index contributed by atoms with van der Waals surface area (Å²) < 4.78 is 0. The summed E-state index contributed by atoms with van der Waals surface area (Å²) in [5, 5.41) is 3.80. The number of rotatable bonds is 3. The Labute approximate surface area is 196 Å². The first-order valence-corrected chi connectivity index (χ1v) is 11.9. The molecule has 0 radical (unpaired) electrons. The molecule has 1 aromatic carbocycles. The second-order valence-corrected chi connectivity index (χ2v) is 9.74. The van der Waals surface area contributed by atoms with Crippen LogP contribution in [-0.4, -0.2) is 62.7 Å². The third kappa shape index (κ3) is 4.32. The lowest BCUT2D eigenvalue weighted by atomic mass is 10.00. The van der Waals surface area contributed by atoms with Crippen LogP contribution in [0.3, 0.4) is 0 Å². The fraction of sp³-hybridized carbons (Fsp3) is 0.375. The van der Waals surface area contributed by atoms with Gasteiger partial charge in [-0.15, -0.1) is 11.3 Å². The summed E-state index contributed by atoms with van der Waals surface area (Å²) >= 11 is 1.46. The van der Waals surface area contributed by atoms with Gasteiger partial charge in [0.1, 0.15) is 5.69 Å². The predicted molar refractivity (Wildman–Crippen MR) is 128 cm³/mol. The molecule has 1 N–H and O–H groups in total. The minimum atomic E-state index is -0.0678. The van der Waals surface area contributed by atoms with E-state index in [1.54, 1.807) is 16.7 Å². The topological polar surface area (TPSA) is 91.3 Å². The van der Waals surface area contributed by atoms with Crippen LogP contribution in [0.15, 0.2) is 24.4 Å². The summed E-state index contributed by atoms with van der Waals surface area (Å²) in [7, 11) is 0. The molecule has 0 bridgehead atoms. The quantitative estimate of drug-likeness (QED) is 0.642. The molecule has 1 aliphatic carbocycles. The number of amides is 2. The van der Waals surface area contributed by atoms with Crippen molar-refractivity contribution in [3.05, 3.63) is 51.0 Å². The standard InChI is InChI=1S/C24H26N6O2S/c1-14-10-15(2)12-18(11-14)26-24-25-13-17-4-5-19-21(20(17)28-24)27-22(33-19)23(32)30-8-6-29(7-9-30)16(3)31/h10-13H,4-9H2,1-3H3,(H,25,26,28). The number of fused-ring (bicyclic) bond motifs is 3. The van der Waals surface area contributed by atoms with Gasteiger partial charge in [-0.05, 0) is 55.5 Å². The zero-order valence-corrected chi connectivity index (χ0v) is 19.8. The Balaban J connectivity index is 1.38. The van der Waals surface area contributed by atoms with E-state index in [1.165, 1.54) is 22.5 Å². The van der Waals surface area contributed by atoms with Crippen LogP contribution in [-0.2, 0) is 17.6 Å². The van der Waals surface area contributed by atoms with E-state index in [0.29, 0.717) is 37.1 Å². The van der Waals surface area contributed by atoms with Gasteiger partial charge in [0.05, 0.1) is 5.69 Å². The molecule has 3 heterocycles. The number of benzene rings is 1. The second kappa shape index (κ2) is 8.55. The van der Waals surface area contributed by atoms with Crippen LogP contribution in [0.5, 0.6) is 0 Å². The van der Waals surface area contributed by atoms with Gasteiger partial charge < -0.3 is 15.1 Å². The minimum absolute atomic E-state index is 0.0494. The van der Waals surface area contributed by atoms with E-state index in [1.807, 2.05) is 6.20 Å². The van der Waals surface area contributed by atoms with Gasteiger partial charge in [0.25, 0.3) is 5.91 Å². The van der Waals surface area contributed by atoms with Gasteiger partial charge in [-0.3, -0.25) is 9.59 Å². The zero-order valence-electron chi connectivity index (χ0n) is 19.0. The molecule has 1 aliphatic heterocycles. The maximum Gasteiger partial charge on any atom is 0.282 e. The molecule has 1 saturated heterocycles. The van der Waals surface area contributed by atoms with E-state index < -0.39 is 0 Å². The molecule has 2 aliphatic rings. The maximum absolute atomic E-state index is 13.1. The summed E-state index contributed by atoms with van der Waals surface area (Å²) in [4.78, 5) is 43.3. The number of carbonyl (C=O) groups is 2. The number of nitrogens with one attached hydrogen (secondary N) is 1.